The molecule has 0 saturated heterocycles. The van der Waals surface area contributed by atoms with Crippen LogP contribution in [0.3, 0.4) is 0 Å². The number of halogens is 1. The average molecular weight is 355 g/mol. The Labute approximate surface area is 149 Å². The Balaban J connectivity index is 1.71. The van der Waals surface area contributed by atoms with Crippen LogP contribution in [-0.2, 0) is 9.53 Å². The van der Waals surface area contributed by atoms with Crippen molar-refractivity contribution in [3.05, 3.63) is 71.4 Å². The lowest BCUT2D eigenvalue weighted by atomic mass is 10.0. The number of esters is 1. The number of hydrogen-bond donors (Lipinski definition) is 1. The lowest BCUT2D eigenvalue weighted by Crippen LogP contribution is -2.30. The van der Waals surface area contributed by atoms with Crippen molar-refractivity contribution in [3.63, 3.8) is 0 Å². The fraction of sp³-hybridized carbons (Fsp3) is 0.105. The number of benzene rings is 2. The molecule has 5 nitrogen and oxygen atoms in total. The third kappa shape index (κ3) is 3.95. The number of pyridine rings is 1. The monoisotopic (exact) mass is 354 g/mol. The van der Waals surface area contributed by atoms with Gasteiger partial charge in [-0.25, -0.2) is 9.78 Å². The summed E-state index contributed by atoms with van der Waals surface area (Å²) in [5, 5.41) is 4.75. The first kappa shape index (κ1) is 16.9. The SMILES string of the molecule is C[C@@H](OC(=O)c1cccc2ccccc12)C(=O)Nc1ccc(Cl)cn1. The number of carbonyl (C=O) groups is 2. The van der Waals surface area contributed by atoms with Gasteiger partial charge in [0.1, 0.15) is 5.82 Å². The number of amides is 1. The molecular formula is C19H15ClN2O3. The second kappa shape index (κ2) is 7.32. The molecule has 0 radical (unpaired) electrons. The summed E-state index contributed by atoms with van der Waals surface area (Å²) in [6.07, 6.45) is 0.452. The highest BCUT2D eigenvalue weighted by atomic mass is 35.5. The maximum atomic E-state index is 12.4. The van der Waals surface area contributed by atoms with Crippen molar-refractivity contribution in [2.24, 2.45) is 0 Å². The first-order valence-corrected chi connectivity index (χ1v) is 8.03. The quantitative estimate of drug-likeness (QED) is 0.717. The number of anilines is 1. The molecule has 1 heterocycles. The molecule has 0 saturated carbocycles. The van der Waals surface area contributed by atoms with Crippen LogP contribution in [0.1, 0.15) is 17.3 Å². The highest BCUT2D eigenvalue weighted by molar-refractivity contribution is 6.30. The van der Waals surface area contributed by atoms with Gasteiger partial charge in [-0.2, -0.15) is 0 Å². The van der Waals surface area contributed by atoms with Crippen LogP contribution >= 0.6 is 11.6 Å². The maximum Gasteiger partial charge on any atom is 0.339 e. The number of ether oxygens (including phenoxy) is 1. The zero-order valence-electron chi connectivity index (χ0n) is 13.4. The topological polar surface area (TPSA) is 68.3 Å². The van der Waals surface area contributed by atoms with E-state index in [1.165, 1.54) is 13.1 Å². The van der Waals surface area contributed by atoms with Crippen molar-refractivity contribution in [2.75, 3.05) is 5.32 Å². The van der Waals surface area contributed by atoms with Gasteiger partial charge in [0.2, 0.25) is 0 Å². The predicted molar refractivity (Wildman–Crippen MR) is 96.7 cm³/mol. The summed E-state index contributed by atoms with van der Waals surface area (Å²) in [6, 6.07) is 16.0. The van der Waals surface area contributed by atoms with Crippen LogP contribution in [0.4, 0.5) is 5.82 Å². The standard InChI is InChI=1S/C19H15ClN2O3/c1-12(18(23)22-17-10-9-14(20)11-21-17)25-19(24)16-8-4-6-13-5-2-3-7-15(13)16/h2-12H,1H3,(H,21,22,23)/t12-/m1/s1. The number of fused-ring (bicyclic) bond motifs is 1. The molecule has 3 rings (SSSR count). The van der Waals surface area contributed by atoms with E-state index in [2.05, 4.69) is 10.3 Å². The summed E-state index contributed by atoms with van der Waals surface area (Å²) < 4.78 is 5.30. The Bertz CT molecular complexity index is 920. The molecule has 2 aromatic carbocycles. The van der Waals surface area contributed by atoms with Crippen molar-refractivity contribution in [2.45, 2.75) is 13.0 Å². The van der Waals surface area contributed by atoms with E-state index in [4.69, 9.17) is 16.3 Å². The molecule has 1 amide bonds. The second-order valence-corrected chi connectivity index (χ2v) is 5.86. The molecule has 0 aliphatic carbocycles. The molecule has 126 valence electrons. The lowest BCUT2D eigenvalue weighted by Gasteiger charge is -2.14. The van der Waals surface area contributed by atoms with Crippen molar-refractivity contribution in [3.8, 4) is 0 Å². The highest BCUT2D eigenvalue weighted by Crippen LogP contribution is 2.20. The molecule has 1 atom stereocenters. The number of hydrogen-bond acceptors (Lipinski definition) is 4. The zero-order chi connectivity index (χ0) is 17.8. The molecule has 0 bridgehead atoms. The number of rotatable bonds is 4. The smallest absolute Gasteiger partial charge is 0.339 e. The van der Waals surface area contributed by atoms with Gasteiger partial charge in [0, 0.05) is 6.20 Å². The van der Waals surface area contributed by atoms with Crippen LogP contribution in [-0.4, -0.2) is 23.0 Å². The second-order valence-electron chi connectivity index (χ2n) is 5.43. The Morgan fingerprint density at radius 3 is 2.60 bits per heavy atom. The number of nitrogens with one attached hydrogen (secondary N) is 1. The summed E-state index contributed by atoms with van der Waals surface area (Å²) >= 11 is 5.75. The summed E-state index contributed by atoms with van der Waals surface area (Å²) in [6.45, 7) is 1.51. The molecule has 0 unspecified atom stereocenters. The Hall–Kier alpha value is -2.92. The highest BCUT2D eigenvalue weighted by Gasteiger charge is 2.20. The van der Waals surface area contributed by atoms with E-state index in [0.717, 1.165) is 10.8 Å². The molecule has 1 N–H and O–H groups in total. The predicted octanol–water partition coefficient (Wildman–Crippen LogP) is 4.07. The summed E-state index contributed by atoms with van der Waals surface area (Å²) in [4.78, 5) is 28.6. The van der Waals surface area contributed by atoms with Gasteiger partial charge in [-0.1, -0.05) is 48.0 Å². The van der Waals surface area contributed by atoms with Crippen LogP contribution < -0.4 is 5.32 Å². The van der Waals surface area contributed by atoms with Gasteiger partial charge < -0.3 is 10.1 Å². The number of aromatic nitrogens is 1. The van der Waals surface area contributed by atoms with E-state index in [9.17, 15) is 9.59 Å². The summed E-state index contributed by atoms with van der Waals surface area (Å²) in [7, 11) is 0. The van der Waals surface area contributed by atoms with Gasteiger partial charge in [-0.3, -0.25) is 4.79 Å². The molecule has 0 aliphatic rings. The maximum absolute atomic E-state index is 12.4. The summed E-state index contributed by atoms with van der Waals surface area (Å²) in [5.74, 6) is -0.686. The molecule has 25 heavy (non-hydrogen) atoms. The van der Waals surface area contributed by atoms with E-state index < -0.39 is 18.0 Å². The molecule has 1 aromatic heterocycles. The van der Waals surface area contributed by atoms with E-state index in [1.807, 2.05) is 30.3 Å². The molecule has 6 heteroatoms. The fourth-order valence-electron chi connectivity index (χ4n) is 2.36. The number of nitrogens with zero attached hydrogens (tertiary/aromatic N) is 1. The van der Waals surface area contributed by atoms with Crippen molar-refractivity contribution in [1.29, 1.82) is 0 Å². The Morgan fingerprint density at radius 2 is 1.84 bits per heavy atom. The molecule has 0 aliphatic heterocycles. The lowest BCUT2D eigenvalue weighted by molar-refractivity contribution is -0.123. The number of carbonyl (C=O) groups excluding carboxylic acids is 2. The third-order valence-electron chi connectivity index (χ3n) is 3.64. The normalized spacial score (nSPS) is 11.8. The van der Waals surface area contributed by atoms with Gasteiger partial charge in [0.05, 0.1) is 10.6 Å². The van der Waals surface area contributed by atoms with Gasteiger partial charge in [-0.15, -0.1) is 0 Å². The third-order valence-corrected chi connectivity index (χ3v) is 3.86. The van der Waals surface area contributed by atoms with Crippen molar-refractivity contribution >= 4 is 40.1 Å². The first-order chi connectivity index (χ1) is 12.0. The van der Waals surface area contributed by atoms with Crippen LogP contribution in [0.25, 0.3) is 10.8 Å². The van der Waals surface area contributed by atoms with E-state index >= 15 is 0 Å². The molecule has 3 aromatic rings. The van der Waals surface area contributed by atoms with Crippen LogP contribution in [0.2, 0.25) is 5.02 Å². The van der Waals surface area contributed by atoms with Crippen LogP contribution in [0.5, 0.6) is 0 Å². The van der Waals surface area contributed by atoms with E-state index in [1.54, 1.807) is 24.3 Å². The minimum atomic E-state index is -0.969. The van der Waals surface area contributed by atoms with Crippen LogP contribution in [0.15, 0.2) is 60.8 Å². The van der Waals surface area contributed by atoms with Gasteiger partial charge in [-0.05, 0) is 35.9 Å². The average Bonchev–Trinajstić information content (AvgIpc) is 2.63. The first-order valence-electron chi connectivity index (χ1n) is 7.66. The van der Waals surface area contributed by atoms with Crippen LogP contribution in [0, 0.1) is 0 Å². The van der Waals surface area contributed by atoms with Crippen molar-refractivity contribution < 1.29 is 14.3 Å². The largest absolute Gasteiger partial charge is 0.449 e. The van der Waals surface area contributed by atoms with Gasteiger partial charge in [0.15, 0.2) is 6.10 Å². The Morgan fingerprint density at radius 1 is 1.08 bits per heavy atom. The van der Waals surface area contributed by atoms with Crippen molar-refractivity contribution in [1.82, 2.24) is 4.98 Å². The molecule has 0 spiro atoms. The van der Waals surface area contributed by atoms with Gasteiger partial charge >= 0.3 is 5.97 Å². The fourth-order valence-corrected chi connectivity index (χ4v) is 2.47. The minimum absolute atomic E-state index is 0.336. The Kier molecular flexibility index (Phi) is 4.95. The molecular weight excluding hydrogens is 340 g/mol. The zero-order valence-corrected chi connectivity index (χ0v) is 14.2. The molecule has 0 fully saturated rings. The minimum Gasteiger partial charge on any atom is -0.449 e. The van der Waals surface area contributed by atoms with E-state index in [0.29, 0.717) is 16.4 Å². The summed E-state index contributed by atoms with van der Waals surface area (Å²) in [5.41, 5.74) is 0.419. The van der Waals surface area contributed by atoms with Gasteiger partial charge in [0.25, 0.3) is 5.91 Å². The van der Waals surface area contributed by atoms with E-state index in [-0.39, 0.29) is 0 Å².